The van der Waals surface area contributed by atoms with Crippen LogP contribution in [0.2, 0.25) is 0 Å². The summed E-state index contributed by atoms with van der Waals surface area (Å²) in [6.45, 7) is 5.91. The highest BCUT2D eigenvalue weighted by Crippen LogP contribution is 2.57. The average Bonchev–Trinajstić information content (AvgIpc) is 3.05. The molecule has 164 valence electrons. The van der Waals surface area contributed by atoms with Crippen LogP contribution in [0.4, 0.5) is 5.69 Å². The first-order valence-electron chi connectivity index (χ1n) is 10.8. The molecule has 1 aliphatic carbocycles. The van der Waals surface area contributed by atoms with Gasteiger partial charge in [0.2, 0.25) is 5.91 Å². The molecule has 1 heterocycles. The van der Waals surface area contributed by atoms with Crippen molar-refractivity contribution in [3.05, 3.63) is 72.3 Å². The van der Waals surface area contributed by atoms with Crippen LogP contribution in [0, 0.1) is 12.8 Å². The molecule has 0 aromatic heterocycles. The summed E-state index contributed by atoms with van der Waals surface area (Å²) >= 11 is 0. The molecule has 31 heavy (non-hydrogen) atoms. The van der Waals surface area contributed by atoms with Crippen LogP contribution < -0.4 is 4.31 Å². The summed E-state index contributed by atoms with van der Waals surface area (Å²) in [5.41, 5.74) is 2.24. The van der Waals surface area contributed by atoms with Crippen molar-refractivity contribution < 1.29 is 13.2 Å². The third-order valence-electron chi connectivity index (χ3n) is 6.86. The maximum atomic E-state index is 14.0. The number of para-hydroxylation sites is 1. The second-order valence-corrected chi connectivity index (χ2v) is 10.8. The molecule has 0 spiro atoms. The van der Waals surface area contributed by atoms with Crippen LogP contribution in [0.1, 0.15) is 36.8 Å². The summed E-state index contributed by atoms with van der Waals surface area (Å²) in [6, 6.07) is 14.2. The van der Waals surface area contributed by atoms with Gasteiger partial charge in [0.15, 0.2) is 0 Å². The minimum atomic E-state index is -3.86. The molecule has 2 aromatic carbocycles. The van der Waals surface area contributed by atoms with Gasteiger partial charge in [-0.2, -0.15) is 0 Å². The minimum absolute atomic E-state index is 0.0185. The number of amides is 1. The van der Waals surface area contributed by atoms with Crippen LogP contribution in [0.5, 0.6) is 0 Å². The Morgan fingerprint density at radius 2 is 1.87 bits per heavy atom. The first-order chi connectivity index (χ1) is 14.7. The number of carbonyl (C=O) groups excluding carboxylic acids is 1. The predicted octanol–water partition coefficient (Wildman–Crippen LogP) is 4.27. The largest absolute Gasteiger partial charge is 0.349 e. The molecule has 5 nitrogen and oxygen atoms in total. The van der Waals surface area contributed by atoms with E-state index in [9.17, 15) is 13.2 Å². The van der Waals surface area contributed by atoms with Crippen LogP contribution in [0.3, 0.4) is 0 Å². The monoisotopic (exact) mass is 438 g/mol. The van der Waals surface area contributed by atoms with Gasteiger partial charge < -0.3 is 4.90 Å². The molecule has 6 heteroatoms. The molecule has 1 fully saturated rings. The molecule has 0 N–H and O–H groups in total. The standard InChI is InChI=1S/C25H30N2O3S/c1-5-16-25-17-8-9-20(24(28)26(3)4)23(25)27(22-11-7-6-10-21(22)25)31(29,30)19-14-12-18(2)13-15-19/h5-7,10-15,20,23H,1,8-9,16-17H2,2-4H3/t20-,23+,25+/m1/s1. The van der Waals surface area contributed by atoms with Gasteiger partial charge >= 0.3 is 0 Å². The SMILES string of the molecule is C=CC[C@@]12CCC[C@@H](C(=O)N(C)C)[C@@H]1N(S(=O)(=O)c1ccc(C)cc1)c1ccccc12. The average molecular weight is 439 g/mol. The van der Waals surface area contributed by atoms with Gasteiger partial charge in [-0.05, 0) is 49.9 Å². The molecule has 1 saturated carbocycles. The first-order valence-corrected chi connectivity index (χ1v) is 12.2. The third-order valence-corrected chi connectivity index (χ3v) is 8.67. The molecule has 1 amide bonds. The number of benzene rings is 2. The number of nitrogens with zero attached hydrogens (tertiary/aromatic N) is 2. The number of allylic oxidation sites excluding steroid dienone is 1. The molecule has 0 unspecified atom stereocenters. The molecule has 1 aliphatic heterocycles. The van der Waals surface area contributed by atoms with Crippen molar-refractivity contribution in [2.75, 3.05) is 18.4 Å². The maximum Gasteiger partial charge on any atom is 0.264 e. The van der Waals surface area contributed by atoms with Gasteiger partial charge in [0.1, 0.15) is 0 Å². The Morgan fingerprint density at radius 1 is 1.19 bits per heavy atom. The number of anilines is 1. The highest BCUT2D eigenvalue weighted by molar-refractivity contribution is 7.92. The first kappa shape index (κ1) is 21.6. The van der Waals surface area contributed by atoms with Crippen molar-refractivity contribution in [2.45, 2.75) is 49.0 Å². The van der Waals surface area contributed by atoms with Gasteiger partial charge in [-0.15, -0.1) is 6.58 Å². The van der Waals surface area contributed by atoms with Crippen LogP contribution in [-0.2, 0) is 20.2 Å². The Bertz CT molecular complexity index is 1110. The van der Waals surface area contributed by atoms with Gasteiger partial charge in [0.05, 0.1) is 22.5 Å². The van der Waals surface area contributed by atoms with Crippen LogP contribution in [-0.4, -0.2) is 39.4 Å². The van der Waals surface area contributed by atoms with E-state index >= 15 is 0 Å². The number of sulfonamides is 1. The van der Waals surface area contributed by atoms with E-state index in [4.69, 9.17) is 0 Å². The molecule has 0 radical (unpaired) electrons. The van der Waals surface area contributed by atoms with E-state index in [1.807, 2.05) is 49.4 Å². The van der Waals surface area contributed by atoms with Gasteiger partial charge in [0, 0.05) is 19.5 Å². The van der Waals surface area contributed by atoms with Gasteiger partial charge in [0.25, 0.3) is 10.0 Å². The fraction of sp³-hybridized carbons (Fsp3) is 0.400. The predicted molar refractivity (Wildman–Crippen MR) is 124 cm³/mol. The molecule has 3 atom stereocenters. The fourth-order valence-electron chi connectivity index (χ4n) is 5.53. The van der Waals surface area contributed by atoms with Gasteiger partial charge in [-0.3, -0.25) is 9.10 Å². The lowest BCUT2D eigenvalue weighted by Crippen LogP contribution is -2.57. The molecule has 0 saturated heterocycles. The summed E-state index contributed by atoms with van der Waals surface area (Å²) in [6.07, 6.45) is 4.88. The Morgan fingerprint density at radius 3 is 2.52 bits per heavy atom. The smallest absolute Gasteiger partial charge is 0.264 e. The van der Waals surface area contributed by atoms with Crippen molar-refractivity contribution in [3.8, 4) is 0 Å². The number of hydrogen-bond acceptors (Lipinski definition) is 3. The number of rotatable bonds is 5. The Balaban J connectivity index is 1.97. The van der Waals surface area contributed by atoms with Crippen LogP contribution in [0.25, 0.3) is 0 Å². The Labute approximate surface area is 185 Å². The molecule has 4 rings (SSSR count). The van der Waals surface area contributed by atoms with Crippen LogP contribution >= 0.6 is 0 Å². The van der Waals surface area contributed by atoms with Crippen molar-refractivity contribution in [1.29, 1.82) is 0 Å². The van der Waals surface area contributed by atoms with Crippen molar-refractivity contribution in [1.82, 2.24) is 4.90 Å². The molecule has 2 aliphatic rings. The third kappa shape index (κ3) is 3.28. The molecular weight excluding hydrogens is 408 g/mol. The molecule has 0 bridgehead atoms. The van der Waals surface area contributed by atoms with E-state index in [0.717, 1.165) is 24.0 Å². The maximum absolute atomic E-state index is 14.0. The van der Waals surface area contributed by atoms with Crippen molar-refractivity contribution in [2.24, 2.45) is 5.92 Å². The number of hydrogen-bond donors (Lipinski definition) is 0. The van der Waals surface area contributed by atoms with Crippen molar-refractivity contribution >= 4 is 21.6 Å². The highest BCUT2D eigenvalue weighted by Gasteiger charge is 2.59. The number of fused-ring (bicyclic) bond motifs is 3. The topological polar surface area (TPSA) is 57.7 Å². The summed E-state index contributed by atoms with van der Waals surface area (Å²) < 4.78 is 29.6. The number of aryl methyl sites for hydroxylation is 1. The normalized spacial score (nSPS) is 24.9. The lowest BCUT2D eigenvalue weighted by Gasteiger charge is -2.46. The van der Waals surface area contributed by atoms with E-state index in [1.54, 1.807) is 35.4 Å². The zero-order valence-electron chi connectivity index (χ0n) is 18.4. The highest BCUT2D eigenvalue weighted by atomic mass is 32.2. The molecule has 2 aromatic rings. The Kier molecular flexibility index (Phi) is 5.46. The second-order valence-electron chi connectivity index (χ2n) is 8.96. The lowest BCUT2D eigenvalue weighted by molar-refractivity contribution is -0.135. The van der Waals surface area contributed by atoms with E-state index in [2.05, 4.69) is 6.58 Å². The minimum Gasteiger partial charge on any atom is -0.349 e. The van der Waals surface area contributed by atoms with Crippen molar-refractivity contribution in [3.63, 3.8) is 0 Å². The van der Waals surface area contributed by atoms with Crippen LogP contribution in [0.15, 0.2) is 66.1 Å². The summed E-state index contributed by atoms with van der Waals surface area (Å²) in [5, 5.41) is 0. The summed E-state index contributed by atoms with van der Waals surface area (Å²) in [7, 11) is -0.373. The Hall–Kier alpha value is -2.60. The number of carbonyl (C=O) groups is 1. The van der Waals surface area contributed by atoms with Gasteiger partial charge in [-0.1, -0.05) is 48.4 Å². The lowest BCUT2D eigenvalue weighted by atomic mass is 9.62. The van der Waals surface area contributed by atoms with Gasteiger partial charge in [-0.25, -0.2) is 8.42 Å². The summed E-state index contributed by atoms with van der Waals surface area (Å²) in [4.78, 5) is 15.1. The quantitative estimate of drug-likeness (QED) is 0.655. The van der Waals surface area contributed by atoms with E-state index in [1.165, 1.54) is 0 Å². The second kappa shape index (κ2) is 7.83. The van der Waals surface area contributed by atoms with E-state index in [0.29, 0.717) is 18.5 Å². The molecular formula is C25H30N2O3S. The summed E-state index contributed by atoms with van der Waals surface area (Å²) in [5.74, 6) is -0.425. The fourth-order valence-corrected chi connectivity index (χ4v) is 7.30. The zero-order valence-corrected chi connectivity index (χ0v) is 19.2. The zero-order chi connectivity index (χ0) is 22.4. The van der Waals surface area contributed by atoms with E-state index in [-0.39, 0.29) is 10.8 Å². The van der Waals surface area contributed by atoms with E-state index < -0.39 is 27.4 Å².